The normalized spacial score (nSPS) is 13.6. The van der Waals surface area contributed by atoms with Crippen molar-refractivity contribution in [2.24, 2.45) is 0 Å². The van der Waals surface area contributed by atoms with Gasteiger partial charge in [-0.3, -0.25) is 14.2 Å². The van der Waals surface area contributed by atoms with Crippen LogP contribution in [0.1, 0.15) is 18.4 Å². The second-order valence-electron chi connectivity index (χ2n) is 7.93. The van der Waals surface area contributed by atoms with Crippen molar-refractivity contribution in [3.05, 3.63) is 52.7 Å². The first-order valence-corrected chi connectivity index (χ1v) is 11.2. The Labute approximate surface area is 197 Å². The number of aryl methyl sites for hydroxylation is 1. The summed E-state index contributed by atoms with van der Waals surface area (Å²) in [7, 11) is 3.06. The molecule has 0 atom stereocenters. The van der Waals surface area contributed by atoms with Gasteiger partial charge in [-0.2, -0.15) is 0 Å². The number of pyridine rings is 1. The smallest absolute Gasteiger partial charge is 0.261 e. The number of amides is 1. The highest BCUT2D eigenvalue weighted by atomic mass is 16.5. The topological polar surface area (TPSA) is 108 Å². The zero-order valence-electron chi connectivity index (χ0n) is 19.5. The van der Waals surface area contributed by atoms with Crippen LogP contribution in [0.3, 0.4) is 0 Å². The van der Waals surface area contributed by atoms with E-state index in [1.54, 1.807) is 18.3 Å². The fraction of sp³-hybridized carbons (Fsp3) is 0.417. The predicted octanol–water partition coefficient (Wildman–Crippen LogP) is 1.74. The van der Waals surface area contributed by atoms with Crippen molar-refractivity contribution in [3.8, 4) is 11.5 Å². The minimum atomic E-state index is -0.183. The predicted molar refractivity (Wildman–Crippen MR) is 127 cm³/mol. The summed E-state index contributed by atoms with van der Waals surface area (Å²) in [6.45, 7) is 3.70. The summed E-state index contributed by atoms with van der Waals surface area (Å²) in [6.07, 6.45) is 4.06. The molecular formula is C24H29N5O5. The van der Waals surface area contributed by atoms with Crippen molar-refractivity contribution in [1.29, 1.82) is 0 Å². The molecular weight excluding hydrogens is 438 g/mol. The summed E-state index contributed by atoms with van der Waals surface area (Å²) in [5.74, 6) is 1.79. The average molecular weight is 468 g/mol. The van der Waals surface area contributed by atoms with E-state index in [1.807, 2.05) is 12.1 Å². The molecule has 0 bridgehead atoms. The van der Waals surface area contributed by atoms with Crippen molar-refractivity contribution in [1.82, 2.24) is 19.9 Å². The van der Waals surface area contributed by atoms with Crippen molar-refractivity contribution in [2.75, 3.05) is 45.4 Å². The van der Waals surface area contributed by atoms with Gasteiger partial charge in [0.15, 0.2) is 11.5 Å². The van der Waals surface area contributed by atoms with E-state index in [0.717, 1.165) is 24.5 Å². The lowest BCUT2D eigenvalue weighted by molar-refractivity contribution is -0.121. The number of benzene rings is 1. The number of carbonyl (C=O) groups is 1. The molecule has 1 amide bonds. The van der Waals surface area contributed by atoms with Gasteiger partial charge in [0.25, 0.3) is 5.56 Å². The Bertz CT molecular complexity index is 1210. The molecule has 0 radical (unpaired) electrons. The van der Waals surface area contributed by atoms with Gasteiger partial charge in [-0.25, -0.2) is 9.97 Å². The minimum absolute atomic E-state index is 0.0787. The maximum absolute atomic E-state index is 12.9. The minimum Gasteiger partial charge on any atom is -0.493 e. The molecule has 0 saturated carbocycles. The van der Waals surface area contributed by atoms with Crippen molar-refractivity contribution >= 4 is 22.6 Å². The second kappa shape index (κ2) is 11.0. The standard InChI is InChI=1S/C24H29N5O5/c1-32-20-13-18-19(14-21(20)33-2)27-16-29(24(18)31)8-4-6-22(30)26-15-17-5-3-7-25-23(17)28-9-11-34-12-10-28/h3,5,7,13-14,16H,4,6,8-12,15H2,1-2H3,(H,26,30). The number of hydrogen-bond donors (Lipinski definition) is 1. The molecule has 2 aromatic heterocycles. The van der Waals surface area contributed by atoms with Gasteiger partial charge in [0.2, 0.25) is 5.91 Å². The Morgan fingerprint density at radius 3 is 2.68 bits per heavy atom. The molecule has 3 heterocycles. The van der Waals surface area contributed by atoms with Gasteiger partial charge in [-0.1, -0.05) is 6.07 Å². The molecule has 1 aromatic carbocycles. The lowest BCUT2D eigenvalue weighted by atomic mass is 10.2. The van der Waals surface area contributed by atoms with Gasteiger partial charge >= 0.3 is 0 Å². The maximum atomic E-state index is 12.9. The van der Waals surface area contributed by atoms with Crippen LogP contribution in [0.5, 0.6) is 11.5 Å². The third kappa shape index (κ3) is 5.28. The highest BCUT2D eigenvalue weighted by molar-refractivity contribution is 5.81. The monoisotopic (exact) mass is 467 g/mol. The quantitative estimate of drug-likeness (QED) is 0.507. The molecule has 1 aliphatic rings. The number of aromatic nitrogens is 3. The van der Waals surface area contributed by atoms with Crippen molar-refractivity contribution in [3.63, 3.8) is 0 Å². The molecule has 34 heavy (non-hydrogen) atoms. The second-order valence-corrected chi connectivity index (χ2v) is 7.93. The molecule has 1 saturated heterocycles. The van der Waals surface area contributed by atoms with Gasteiger partial charge in [-0.15, -0.1) is 0 Å². The van der Waals surface area contributed by atoms with Crippen molar-refractivity contribution < 1.29 is 19.0 Å². The SMILES string of the molecule is COc1cc2ncn(CCCC(=O)NCc3cccnc3N3CCOCC3)c(=O)c2cc1OC. The van der Waals surface area contributed by atoms with Crippen LogP contribution in [-0.4, -0.2) is 61.0 Å². The van der Waals surface area contributed by atoms with Crippen molar-refractivity contribution in [2.45, 2.75) is 25.9 Å². The van der Waals surface area contributed by atoms with Crippen LogP contribution in [0.15, 0.2) is 41.6 Å². The van der Waals surface area contributed by atoms with E-state index < -0.39 is 0 Å². The summed E-state index contributed by atoms with van der Waals surface area (Å²) in [5.41, 5.74) is 1.32. The van der Waals surface area contributed by atoms with E-state index in [0.29, 0.717) is 61.5 Å². The summed E-state index contributed by atoms with van der Waals surface area (Å²) in [5, 5.41) is 3.41. The first-order chi connectivity index (χ1) is 16.6. The van der Waals surface area contributed by atoms with E-state index in [1.165, 1.54) is 25.1 Å². The lowest BCUT2D eigenvalue weighted by Crippen LogP contribution is -2.37. The van der Waals surface area contributed by atoms with Crippen LogP contribution in [0.25, 0.3) is 10.9 Å². The van der Waals surface area contributed by atoms with Gasteiger partial charge in [0, 0.05) is 50.4 Å². The Balaban J connectivity index is 1.34. The van der Waals surface area contributed by atoms with Crippen LogP contribution < -0.4 is 25.2 Å². The number of nitrogens with zero attached hydrogens (tertiary/aromatic N) is 4. The van der Waals surface area contributed by atoms with Crippen LogP contribution in [-0.2, 0) is 22.6 Å². The highest BCUT2D eigenvalue weighted by Crippen LogP contribution is 2.29. The Morgan fingerprint density at radius 2 is 1.91 bits per heavy atom. The third-order valence-corrected chi connectivity index (χ3v) is 5.79. The highest BCUT2D eigenvalue weighted by Gasteiger charge is 2.16. The molecule has 1 aliphatic heterocycles. The number of rotatable bonds is 9. The Morgan fingerprint density at radius 1 is 1.15 bits per heavy atom. The molecule has 0 aliphatic carbocycles. The van der Waals surface area contributed by atoms with Gasteiger partial charge in [0.05, 0.1) is 44.7 Å². The Kier molecular flexibility index (Phi) is 7.58. The van der Waals surface area contributed by atoms with Gasteiger partial charge < -0.3 is 24.4 Å². The van der Waals surface area contributed by atoms with E-state index in [9.17, 15) is 9.59 Å². The largest absolute Gasteiger partial charge is 0.493 e. The number of fused-ring (bicyclic) bond motifs is 1. The van der Waals surface area contributed by atoms with Gasteiger partial charge in [0.1, 0.15) is 5.82 Å². The molecule has 10 heteroatoms. The first kappa shape index (κ1) is 23.5. The lowest BCUT2D eigenvalue weighted by Gasteiger charge is -2.29. The molecule has 1 fully saturated rings. The number of anilines is 1. The molecule has 0 unspecified atom stereocenters. The average Bonchev–Trinajstić information content (AvgIpc) is 2.88. The number of nitrogens with one attached hydrogen (secondary N) is 1. The fourth-order valence-electron chi connectivity index (χ4n) is 3.96. The zero-order valence-corrected chi connectivity index (χ0v) is 19.5. The first-order valence-electron chi connectivity index (χ1n) is 11.2. The number of carbonyl (C=O) groups excluding carboxylic acids is 1. The molecule has 180 valence electrons. The summed E-state index contributed by atoms with van der Waals surface area (Å²) >= 11 is 0. The molecule has 4 rings (SSSR count). The van der Waals surface area contributed by atoms with E-state index >= 15 is 0 Å². The fourth-order valence-corrected chi connectivity index (χ4v) is 3.96. The number of hydrogen-bond acceptors (Lipinski definition) is 8. The number of methoxy groups -OCH3 is 2. The van der Waals surface area contributed by atoms with Gasteiger partial charge in [-0.05, 0) is 18.6 Å². The molecule has 10 nitrogen and oxygen atoms in total. The molecule has 1 N–H and O–H groups in total. The van der Waals surface area contributed by atoms with Crippen LogP contribution in [0.4, 0.5) is 5.82 Å². The van der Waals surface area contributed by atoms with Crippen LogP contribution in [0, 0.1) is 0 Å². The number of morpholine rings is 1. The number of ether oxygens (including phenoxy) is 3. The molecule has 0 spiro atoms. The summed E-state index contributed by atoms with van der Waals surface area (Å²) in [6, 6.07) is 7.15. The Hall–Kier alpha value is -3.66. The van der Waals surface area contributed by atoms with Crippen LogP contribution >= 0.6 is 0 Å². The summed E-state index contributed by atoms with van der Waals surface area (Å²) in [4.78, 5) is 36.4. The van der Waals surface area contributed by atoms with E-state index in [2.05, 4.69) is 20.2 Å². The maximum Gasteiger partial charge on any atom is 0.261 e. The zero-order chi connectivity index (χ0) is 23.9. The van der Waals surface area contributed by atoms with Crippen LogP contribution in [0.2, 0.25) is 0 Å². The summed E-state index contributed by atoms with van der Waals surface area (Å²) < 4.78 is 17.5. The molecule has 3 aromatic rings. The van der Waals surface area contributed by atoms with E-state index in [-0.39, 0.29) is 11.5 Å². The van der Waals surface area contributed by atoms with E-state index in [4.69, 9.17) is 14.2 Å². The third-order valence-electron chi connectivity index (χ3n) is 5.79.